The van der Waals surface area contributed by atoms with Gasteiger partial charge in [-0.05, 0) is 46.6 Å². The van der Waals surface area contributed by atoms with Crippen molar-refractivity contribution >= 4 is 21.6 Å². The highest BCUT2D eigenvalue weighted by atomic mass is 79.9. The zero-order valence-electron chi connectivity index (χ0n) is 10.2. The number of halogens is 3. The van der Waals surface area contributed by atoms with Gasteiger partial charge in [-0.25, -0.2) is 8.78 Å². The molecule has 19 heavy (non-hydrogen) atoms. The summed E-state index contributed by atoms with van der Waals surface area (Å²) in [7, 11) is 0. The van der Waals surface area contributed by atoms with Crippen molar-refractivity contribution in [3.8, 4) is 5.75 Å². The van der Waals surface area contributed by atoms with E-state index in [-0.39, 0.29) is 16.6 Å². The molecule has 0 radical (unpaired) electrons. The number of rotatable bonds is 3. The molecule has 0 unspecified atom stereocenters. The molecular formula is C14H12BrF2NO. The van der Waals surface area contributed by atoms with Crippen molar-refractivity contribution in [3.63, 3.8) is 0 Å². The molecule has 0 aliphatic carbocycles. The molecule has 2 rings (SSSR count). The molecule has 0 fully saturated rings. The summed E-state index contributed by atoms with van der Waals surface area (Å²) in [6, 6.07) is 7.67. The molecule has 0 heterocycles. The lowest BCUT2D eigenvalue weighted by molar-refractivity contribution is 0.290. The van der Waals surface area contributed by atoms with Crippen molar-refractivity contribution in [1.29, 1.82) is 0 Å². The van der Waals surface area contributed by atoms with Gasteiger partial charge in [0.15, 0.2) is 0 Å². The fourth-order valence-electron chi connectivity index (χ4n) is 1.62. The first-order valence-corrected chi connectivity index (χ1v) is 6.39. The SMILES string of the molecule is Cc1ccc(N)cc1OCc1c(F)ccc(Br)c1F. The number of ether oxygens (including phenoxy) is 1. The number of benzene rings is 2. The van der Waals surface area contributed by atoms with Crippen LogP contribution < -0.4 is 10.5 Å². The summed E-state index contributed by atoms with van der Waals surface area (Å²) >= 11 is 3.02. The monoisotopic (exact) mass is 327 g/mol. The Kier molecular flexibility index (Phi) is 4.04. The van der Waals surface area contributed by atoms with Gasteiger partial charge in [-0.2, -0.15) is 0 Å². The lowest BCUT2D eigenvalue weighted by Crippen LogP contribution is -2.03. The van der Waals surface area contributed by atoms with Crippen molar-refractivity contribution in [2.75, 3.05) is 5.73 Å². The Morgan fingerprint density at radius 3 is 2.68 bits per heavy atom. The van der Waals surface area contributed by atoms with Crippen LogP contribution in [-0.2, 0) is 6.61 Å². The highest BCUT2D eigenvalue weighted by molar-refractivity contribution is 9.10. The number of nitrogen functional groups attached to an aromatic ring is 1. The van der Waals surface area contributed by atoms with Gasteiger partial charge in [0.25, 0.3) is 0 Å². The van der Waals surface area contributed by atoms with Crippen LogP contribution in [-0.4, -0.2) is 0 Å². The van der Waals surface area contributed by atoms with E-state index < -0.39 is 11.6 Å². The van der Waals surface area contributed by atoms with Crippen LogP contribution in [0.3, 0.4) is 0 Å². The first kappa shape index (κ1) is 13.8. The average Bonchev–Trinajstić information content (AvgIpc) is 2.38. The summed E-state index contributed by atoms with van der Waals surface area (Å²) in [5.41, 5.74) is 6.92. The molecule has 2 nitrogen and oxygen atoms in total. The summed E-state index contributed by atoms with van der Waals surface area (Å²) < 4.78 is 32.9. The Bertz CT molecular complexity index is 617. The third kappa shape index (κ3) is 3.04. The smallest absolute Gasteiger partial charge is 0.146 e. The molecule has 0 atom stereocenters. The predicted molar refractivity (Wildman–Crippen MR) is 74.0 cm³/mol. The number of aryl methyl sites for hydroxylation is 1. The van der Waals surface area contributed by atoms with E-state index in [1.54, 1.807) is 18.2 Å². The second kappa shape index (κ2) is 5.57. The molecule has 2 aromatic carbocycles. The van der Waals surface area contributed by atoms with Gasteiger partial charge in [0.05, 0.1) is 10.0 Å². The predicted octanol–water partition coefficient (Wildman–Crippen LogP) is 4.20. The lowest BCUT2D eigenvalue weighted by atomic mass is 10.2. The second-order valence-corrected chi connectivity index (χ2v) is 4.99. The maximum Gasteiger partial charge on any atom is 0.146 e. The maximum absolute atomic E-state index is 13.8. The molecule has 0 bridgehead atoms. The van der Waals surface area contributed by atoms with Crippen LogP contribution in [0.15, 0.2) is 34.8 Å². The van der Waals surface area contributed by atoms with Gasteiger partial charge in [0.2, 0.25) is 0 Å². The van der Waals surface area contributed by atoms with Gasteiger partial charge in [-0.15, -0.1) is 0 Å². The number of anilines is 1. The standard InChI is InChI=1S/C14H12BrF2NO/c1-8-2-3-9(18)6-13(8)19-7-10-12(16)5-4-11(15)14(10)17/h2-6H,7,18H2,1H3. The Morgan fingerprint density at radius 2 is 1.95 bits per heavy atom. The van der Waals surface area contributed by atoms with Crippen LogP contribution >= 0.6 is 15.9 Å². The highest BCUT2D eigenvalue weighted by Gasteiger charge is 2.13. The Labute approximate surface area is 118 Å². The molecule has 0 aliphatic rings. The van der Waals surface area contributed by atoms with Crippen LogP contribution in [0, 0.1) is 18.6 Å². The van der Waals surface area contributed by atoms with E-state index in [4.69, 9.17) is 10.5 Å². The average molecular weight is 328 g/mol. The quantitative estimate of drug-likeness (QED) is 0.677. The molecule has 0 saturated carbocycles. The van der Waals surface area contributed by atoms with Gasteiger partial charge < -0.3 is 10.5 Å². The third-order valence-electron chi connectivity index (χ3n) is 2.72. The van der Waals surface area contributed by atoms with E-state index >= 15 is 0 Å². The number of hydrogen-bond donors (Lipinski definition) is 1. The van der Waals surface area contributed by atoms with E-state index in [0.717, 1.165) is 5.56 Å². The van der Waals surface area contributed by atoms with E-state index in [2.05, 4.69) is 15.9 Å². The second-order valence-electron chi connectivity index (χ2n) is 4.14. The van der Waals surface area contributed by atoms with Crippen molar-refractivity contribution in [1.82, 2.24) is 0 Å². The first-order valence-electron chi connectivity index (χ1n) is 5.60. The molecule has 100 valence electrons. The minimum atomic E-state index is -0.651. The first-order chi connectivity index (χ1) is 8.99. The van der Waals surface area contributed by atoms with Gasteiger partial charge >= 0.3 is 0 Å². The molecule has 0 amide bonds. The van der Waals surface area contributed by atoms with Crippen molar-refractivity contribution in [3.05, 3.63) is 57.6 Å². The normalized spacial score (nSPS) is 10.5. The molecule has 0 spiro atoms. The Balaban J connectivity index is 2.24. The summed E-state index contributed by atoms with van der Waals surface area (Å²) in [5, 5.41) is 0. The van der Waals surface area contributed by atoms with E-state index in [1.807, 2.05) is 6.92 Å². The van der Waals surface area contributed by atoms with Crippen LogP contribution in [0.1, 0.15) is 11.1 Å². The molecule has 2 N–H and O–H groups in total. The summed E-state index contributed by atoms with van der Waals surface area (Å²) in [5.74, 6) is -0.775. The van der Waals surface area contributed by atoms with Gasteiger partial charge in [0, 0.05) is 11.8 Å². The largest absolute Gasteiger partial charge is 0.488 e. The Morgan fingerprint density at radius 1 is 1.21 bits per heavy atom. The highest BCUT2D eigenvalue weighted by Crippen LogP contribution is 2.25. The van der Waals surface area contributed by atoms with Crippen LogP contribution in [0.4, 0.5) is 14.5 Å². The zero-order chi connectivity index (χ0) is 14.0. The fourth-order valence-corrected chi connectivity index (χ4v) is 1.99. The molecule has 5 heteroatoms. The zero-order valence-corrected chi connectivity index (χ0v) is 11.8. The Hall–Kier alpha value is -1.62. The molecular weight excluding hydrogens is 316 g/mol. The van der Waals surface area contributed by atoms with Crippen molar-refractivity contribution in [2.24, 2.45) is 0 Å². The molecule has 0 aliphatic heterocycles. The van der Waals surface area contributed by atoms with E-state index in [1.165, 1.54) is 12.1 Å². The maximum atomic E-state index is 13.8. The number of hydrogen-bond acceptors (Lipinski definition) is 2. The number of nitrogens with two attached hydrogens (primary N) is 1. The minimum Gasteiger partial charge on any atom is -0.488 e. The van der Waals surface area contributed by atoms with Crippen molar-refractivity contribution < 1.29 is 13.5 Å². The fraction of sp³-hybridized carbons (Fsp3) is 0.143. The topological polar surface area (TPSA) is 35.2 Å². The van der Waals surface area contributed by atoms with Gasteiger partial charge in [0.1, 0.15) is 24.0 Å². The van der Waals surface area contributed by atoms with Crippen molar-refractivity contribution in [2.45, 2.75) is 13.5 Å². The van der Waals surface area contributed by atoms with Crippen LogP contribution in [0.2, 0.25) is 0 Å². The summed E-state index contributed by atoms with van der Waals surface area (Å²) in [6.45, 7) is 1.64. The van der Waals surface area contributed by atoms with E-state index in [9.17, 15) is 8.78 Å². The van der Waals surface area contributed by atoms with Gasteiger partial charge in [-0.3, -0.25) is 0 Å². The molecule has 0 aromatic heterocycles. The summed E-state index contributed by atoms with van der Waals surface area (Å²) in [6.07, 6.45) is 0. The summed E-state index contributed by atoms with van der Waals surface area (Å²) in [4.78, 5) is 0. The van der Waals surface area contributed by atoms with E-state index in [0.29, 0.717) is 11.4 Å². The van der Waals surface area contributed by atoms with Gasteiger partial charge in [-0.1, -0.05) is 6.07 Å². The van der Waals surface area contributed by atoms with Crippen LogP contribution in [0.5, 0.6) is 5.75 Å². The molecule has 2 aromatic rings. The molecule has 0 saturated heterocycles. The third-order valence-corrected chi connectivity index (χ3v) is 3.34. The van der Waals surface area contributed by atoms with Crippen LogP contribution in [0.25, 0.3) is 0 Å². The minimum absolute atomic E-state index is 0.115. The lowest BCUT2D eigenvalue weighted by Gasteiger charge is -2.11.